The molecule has 0 aliphatic carbocycles. The summed E-state index contributed by atoms with van der Waals surface area (Å²) < 4.78 is 0. The number of unbranched alkanes of at least 4 members (excludes halogenated alkanes) is 1. The highest BCUT2D eigenvalue weighted by atomic mass is 16.2. The summed E-state index contributed by atoms with van der Waals surface area (Å²) in [6.45, 7) is 6.09. The summed E-state index contributed by atoms with van der Waals surface area (Å²) in [4.78, 5) is 42.7. The Morgan fingerprint density at radius 2 is 1.88 bits per heavy atom. The van der Waals surface area contributed by atoms with Crippen LogP contribution in [0, 0.1) is 5.92 Å². The lowest BCUT2D eigenvalue weighted by Crippen LogP contribution is -2.60. The number of carbonyl (C=O) groups is 3. The van der Waals surface area contributed by atoms with Gasteiger partial charge in [-0.2, -0.15) is 0 Å². The fraction of sp³-hybridized carbons (Fsp3) is 0.474. The standard InChI is InChI=1S/C19H25N3O3/c1-4-6-12-22-18(24)16(17(23)21-19(22)25)15(5-2)20-13(3)14-10-8-7-9-11-14/h7-11,13,16H,4-6,12H2,1-3H3,(H,21,23,25)/t13-,16+/m1/s1. The average molecular weight is 343 g/mol. The van der Waals surface area contributed by atoms with Crippen molar-refractivity contribution in [2.45, 2.75) is 46.1 Å². The van der Waals surface area contributed by atoms with Crippen molar-refractivity contribution >= 4 is 23.6 Å². The maximum atomic E-state index is 12.7. The van der Waals surface area contributed by atoms with Crippen molar-refractivity contribution in [1.29, 1.82) is 0 Å². The van der Waals surface area contributed by atoms with Crippen LogP contribution in [0.15, 0.2) is 35.3 Å². The molecule has 2 atom stereocenters. The smallest absolute Gasteiger partial charge is 0.285 e. The van der Waals surface area contributed by atoms with Crippen LogP contribution in [-0.4, -0.2) is 35.0 Å². The van der Waals surface area contributed by atoms with Crippen molar-refractivity contribution in [2.75, 3.05) is 6.54 Å². The molecule has 0 saturated carbocycles. The molecule has 0 bridgehead atoms. The largest absolute Gasteiger partial charge is 0.330 e. The third kappa shape index (κ3) is 4.32. The Kier molecular flexibility index (Phi) is 6.44. The number of barbiturate groups is 1. The Balaban J connectivity index is 2.28. The summed E-state index contributed by atoms with van der Waals surface area (Å²) in [5.74, 6) is -2.07. The number of nitrogens with one attached hydrogen (secondary N) is 1. The molecule has 2 rings (SSSR count). The van der Waals surface area contributed by atoms with E-state index in [0.717, 1.165) is 16.9 Å². The molecule has 1 heterocycles. The second-order valence-electron chi connectivity index (χ2n) is 6.13. The van der Waals surface area contributed by atoms with E-state index in [1.54, 1.807) is 0 Å². The van der Waals surface area contributed by atoms with E-state index in [1.165, 1.54) is 0 Å². The summed E-state index contributed by atoms with van der Waals surface area (Å²) in [5.41, 5.74) is 1.52. The molecule has 1 aromatic carbocycles. The Morgan fingerprint density at radius 3 is 2.48 bits per heavy atom. The zero-order valence-corrected chi connectivity index (χ0v) is 15.0. The van der Waals surface area contributed by atoms with Gasteiger partial charge in [-0.3, -0.25) is 24.8 Å². The van der Waals surface area contributed by atoms with Gasteiger partial charge < -0.3 is 0 Å². The van der Waals surface area contributed by atoms with E-state index in [9.17, 15) is 14.4 Å². The predicted molar refractivity (Wildman–Crippen MR) is 96.2 cm³/mol. The van der Waals surface area contributed by atoms with E-state index in [-0.39, 0.29) is 6.04 Å². The van der Waals surface area contributed by atoms with Crippen LogP contribution in [0.2, 0.25) is 0 Å². The fourth-order valence-corrected chi connectivity index (χ4v) is 2.86. The molecule has 0 aromatic heterocycles. The van der Waals surface area contributed by atoms with Crippen LogP contribution in [0.4, 0.5) is 4.79 Å². The summed E-state index contributed by atoms with van der Waals surface area (Å²) in [5, 5.41) is 2.29. The minimum Gasteiger partial charge on any atom is -0.285 e. The SMILES string of the molecule is CCCCN1C(=O)NC(=O)[C@H](C(CC)=N[C@H](C)c2ccccc2)C1=O. The van der Waals surface area contributed by atoms with Gasteiger partial charge in [0.1, 0.15) is 0 Å². The maximum absolute atomic E-state index is 12.7. The molecule has 6 heteroatoms. The Labute approximate surface area is 148 Å². The van der Waals surface area contributed by atoms with Gasteiger partial charge in [0.15, 0.2) is 5.92 Å². The first kappa shape index (κ1) is 18.8. The number of urea groups is 1. The summed E-state index contributed by atoms with van der Waals surface area (Å²) in [7, 11) is 0. The number of nitrogens with zero attached hydrogens (tertiary/aromatic N) is 2. The molecule has 0 radical (unpaired) electrons. The van der Waals surface area contributed by atoms with Crippen molar-refractivity contribution in [3.8, 4) is 0 Å². The van der Waals surface area contributed by atoms with E-state index in [4.69, 9.17) is 0 Å². The number of carbonyl (C=O) groups excluding carboxylic acids is 3. The minimum atomic E-state index is -1.02. The fourth-order valence-electron chi connectivity index (χ4n) is 2.86. The first-order valence-corrected chi connectivity index (χ1v) is 8.77. The van der Waals surface area contributed by atoms with Crippen LogP contribution in [0.1, 0.15) is 51.6 Å². The Hall–Kier alpha value is -2.50. The number of benzene rings is 1. The molecule has 1 N–H and O–H groups in total. The first-order chi connectivity index (χ1) is 12.0. The number of hydrogen-bond donors (Lipinski definition) is 1. The molecule has 1 saturated heterocycles. The summed E-state index contributed by atoms with van der Waals surface area (Å²) in [6, 6.07) is 8.90. The highest BCUT2D eigenvalue weighted by molar-refractivity contribution is 6.27. The van der Waals surface area contributed by atoms with Gasteiger partial charge in [-0.1, -0.05) is 50.6 Å². The van der Waals surface area contributed by atoms with Gasteiger partial charge in [0.2, 0.25) is 11.8 Å². The van der Waals surface area contributed by atoms with E-state index in [0.29, 0.717) is 25.1 Å². The highest BCUT2D eigenvalue weighted by Crippen LogP contribution is 2.21. The topological polar surface area (TPSA) is 78.8 Å². The van der Waals surface area contributed by atoms with Crippen LogP contribution >= 0.6 is 0 Å². The molecular formula is C19H25N3O3. The van der Waals surface area contributed by atoms with E-state index in [1.807, 2.05) is 51.1 Å². The van der Waals surface area contributed by atoms with Crippen molar-refractivity contribution in [2.24, 2.45) is 10.9 Å². The van der Waals surface area contributed by atoms with Crippen LogP contribution in [0.25, 0.3) is 0 Å². The Morgan fingerprint density at radius 1 is 1.20 bits per heavy atom. The second-order valence-corrected chi connectivity index (χ2v) is 6.13. The van der Waals surface area contributed by atoms with Gasteiger partial charge in [0, 0.05) is 12.3 Å². The van der Waals surface area contributed by atoms with Crippen molar-refractivity contribution in [3.05, 3.63) is 35.9 Å². The number of aliphatic imine (C=N–C) groups is 1. The molecule has 1 fully saturated rings. The van der Waals surface area contributed by atoms with Crippen LogP contribution in [0.3, 0.4) is 0 Å². The van der Waals surface area contributed by atoms with Crippen molar-refractivity contribution < 1.29 is 14.4 Å². The van der Waals surface area contributed by atoms with E-state index >= 15 is 0 Å². The van der Waals surface area contributed by atoms with Gasteiger partial charge in [0.05, 0.1) is 6.04 Å². The van der Waals surface area contributed by atoms with Crippen LogP contribution in [0.5, 0.6) is 0 Å². The molecule has 4 amide bonds. The van der Waals surface area contributed by atoms with Crippen LogP contribution in [-0.2, 0) is 9.59 Å². The lowest BCUT2D eigenvalue weighted by Gasteiger charge is -2.31. The van der Waals surface area contributed by atoms with Gasteiger partial charge in [-0.25, -0.2) is 4.79 Å². The zero-order chi connectivity index (χ0) is 18.4. The van der Waals surface area contributed by atoms with Gasteiger partial charge >= 0.3 is 6.03 Å². The number of hydrogen-bond acceptors (Lipinski definition) is 4. The summed E-state index contributed by atoms with van der Waals surface area (Å²) >= 11 is 0. The number of amides is 4. The molecule has 1 aromatic rings. The van der Waals surface area contributed by atoms with Gasteiger partial charge in [-0.15, -0.1) is 0 Å². The number of imide groups is 2. The number of rotatable bonds is 7. The third-order valence-electron chi connectivity index (χ3n) is 4.32. The average Bonchev–Trinajstić information content (AvgIpc) is 2.61. The van der Waals surface area contributed by atoms with E-state index < -0.39 is 23.8 Å². The maximum Gasteiger partial charge on any atom is 0.330 e. The van der Waals surface area contributed by atoms with Crippen LogP contribution < -0.4 is 5.32 Å². The second kappa shape index (κ2) is 8.55. The molecular weight excluding hydrogens is 318 g/mol. The Bertz CT molecular complexity index is 670. The zero-order valence-electron chi connectivity index (χ0n) is 15.0. The molecule has 0 unspecified atom stereocenters. The highest BCUT2D eigenvalue weighted by Gasteiger charge is 2.42. The molecule has 6 nitrogen and oxygen atoms in total. The molecule has 134 valence electrons. The third-order valence-corrected chi connectivity index (χ3v) is 4.32. The molecule has 25 heavy (non-hydrogen) atoms. The van der Waals surface area contributed by atoms with Crippen molar-refractivity contribution in [3.63, 3.8) is 0 Å². The van der Waals surface area contributed by atoms with Gasteiger partial charge in [-0.05, 0) is 25.3 Å². The lowest BCUT2D eigenvalue weighted by molar-refractivity contribution is -0.139. The molecule has 1 aliphatic rings. The first-order valence-electron chi connectivity index (χ1n) is 8.77. The quantitative estimate of drug-likeness (QED) is 0.610. The van der Waals surface area contributed by atoms with Gasteiger partial charge in [0.25, 0.3) is 0 Å². The predicted octanol–water partition coefficient (Wildman–Crippen LogP) is 3.09. The minimum absolute atomic E-state index is 0.168. The molecule has 0 spiro atoms. The molecule has 1 aliphatic heterocycles. The van der Waals surface area contributed by atoms with Crippen molar-refractivity contribution in [1.82, 2.24) is 10.2 Å². The lowest BCUT2D eigenvalue weighted by atomic mass is 9.95. The monoisotopic (exact) mass is 343 g/mol. The van der Waals surface area contributed by atoms with E-state index in [2.05, 4.69) is 10.3 Å². The summed E-state index contributed by atoms with van der Waals surface area (Å²) in [6.07, 6.45) is 2.03. The normalized spacial score (nSPS) is 19.8.